The van der Waals surface area contributed by atoms with Crippen molar-refractivity contribution in [1.29, 1.82) is 0 Å². The summed E-state index contributed by atoms with van der Waals surface area (Å²) in [4.78, 5) is 30.8. The first-order chi connectivity index (χ1) is 12.2. The molecule has 0 aromatic heterocycles. The van der Waals surface area contributed by atoms with Crippen molar-refractivity contribution in [3.63, 3.8) is 0 Å². The number of carbonyl (C=O) groups excluding carboxylic acids is 2. The van der Waals surface area contributed by atoms with Crippen LogP contribution in [0.15, 0.2) is 0 Å². The highest BCUT2D eigenvalue weighted by Crippen LogP contribution is 2.13. The Morgan fingerprint density at radius 2 is 0.960 bits per heavy atom. The molecule has 0 aromatic rings. The van der Waals surface area contributed by atoms with Crippen molar-refractivity contribution in [3.05, 3.63) is 0 Å². The van der Waals surface area contributed by atoms with Gasteiger partial charge >= 0.3 is 11.9 Å². The smallest absolute Gasteiger partial charge is 0.247 e. The fourth-order valence-corrected chi connectivity index (χ4v) is 2.89. The minimum Gasteiger partial charge on any atom is -0.247 e. The van der Waals surface area contributed by atoms with Crippen LogP contribution in [0.1, 0.15) is 110 Å². The van der Waals surface area contributed by atoms with Gasteiger partial charge < -0.3 is 0 Å². The summed E-state index contributed by atoms with van der Waals surface area (Å²) in [6.45, 7) is 2.26. The van der Waals surface area contributed by atoms with Gasteiger partial charge in [-0.25, -0.2) is 19.4 Å². The second kappa shape index (κ2) is 19.7. The molecule has 0 aliphatic carbocycles. The molecule has 0 rings (SSSR count). The molecule has 4 nitrogen and oxygen atoms in total. The van der Waals surface area contributed by atoms with Crippen molar-refractivity contribution in [1.82, 2.24) is 0 Å². The molecule has 5 heteroatoms. The molecule has 0 saturated carbocycles. The van der Waals surface area contributed by atoms with Gasteiger partial charge in [-0.2, -0.15) is 0 Å². The number of carbonyl (C=O) groups is 2. The van der Waals surface area contributed by atoms with Crippen molar-refractivity contribution >= 4 is 27.9 Å². The van der Waals surface area contributed by atoms with E-state index in [2.05, 4.69) is 32.6 Å². The summed E-state index contributed by atoms with van der Waals surface area (Å²) in [5.74, 6) is -1.06. The van der Waals surface area contributed by atoms with Gasteiger partial charge in [0.25, 0.3) is 0 Å². The normalized spacial score (nSPS) is 10.6. The second-order valence-electron chi connectivity index (χ2n) is 6.74. The molecule has 25 heavy (non-hydrogen) atoms. The number of alkyl halides is 1. The predicted octanol–water partition coefficient (Wildman–Crippen LogP) is 6.64. The van der Waals surface area contributed by atoms with E-state index in [4.69, 9.17) is 0 Å². The zero-order valence-electron chi connectivity index (χ0n) is 16.0. The van der Waals surface area contributed by atoms with Crippen molar-refractivity contribution in [3.8, 4) is 0 Å². The number of halogens is 1. The highest BCUT2D eigenvalue weighted by Gasteiger charge is 2.07. The molecule has 0 aromatic carbocycles. The highest BCUT2D eigenvalue weighted by atomic mass is 79.9. The molecular weight excluding hydrogens is 384 g/mol. The quantitative estimate of drug-likeness (QED) is 0.114. The second-order valence-corrected chi connectivity index (χ2v) is 7.30. The summed E-state index contributed by atoms with van der Waals surface area (Å²) in [6, 6.07) is 0. The minimum atomic E-state index is -0.593. The lowest BCUT2D eigenvalue weighted by Crippen LogP contribution is -2.11. The first kappa shape index (κ1) is 24.4. The van der Waals surface area contributed by atoms with Gasteiger partial charge in [-0.3, -0.25) is 0 Å². The van der Waals surface area contributed by atoms with E-state index < -0.39 is 11.9 Å². The van der Waals surface area contributed by atoms with Crippen LogP contribution in [0.3, 0.4) is 0 Å². The van der Waals surface area contributed by atoms with E-state index in [9.17, 15) is 9.59 Å². The zero-order chi connectivity index (χ0) is 18.6. The van der Waals surface area contributed by atoms with Gasteiger partial charge in [-0.15, -0.1) is 0 Å². The van der Waals surface area contributed by atoms with E-state index >= 15 is 0 Å². The Kier molecular flexibility index (Phi) is 19.3. The summed E-state index contributed by atoms with van der Waals surface area (Å²) in [5, 5.41) is 0.0270. The summed E-state index contributed by atoms with van der Waals surface area (Å²) in [6.07, 6.45) is 19.7. The standard InChI is InChI=1S/C20H37BrO4/c1-2-3-4-5-6-7-8-9-10-11-12-13-14-15-16-17-19(22)24-25-20(23)18-21/h2-18H2,1H3. The minimum absolute atomic E-state index is 0.0270. The fraction of sp³-hybridized carbons (Fsp3) is 0.900. The van der Waals surface area contributed by atoms with Gasteiger partial charge in [0.05, 0.1) is 6.42 Å². The molecule has 0 spiro atoms. The third-order valence-electron chi connectivity index (χ3n) is 4.32. The van der Waals surface area contributed by atoms with Crippen LogP contribution in [0.5, 0.6) is 0 Å². The van der Waals surface area contributed by atoms with Crippen molar-refractivity contribution in [2.24, 2.45) is 0 Å². The molecule has 0 aliphatic rings. The Morgan fingerprint density at radius 3 is 1.36 bits per heavy atom. The average Bonchev–Trinajstić information content (AvgIpc) is 2.62. The summed E-state index contributed by atoms with van der Waals surface area (Å²) >= 11 is 2.92. The molecular formula is C20H37BrO4. The predicted molar refractivity (Wildman–Crippen MR) is 106 cm³/mol. The van der Waals surface area contributed by atoms with Crippen LogP contribution in [0.4, 0.5) is 0 Å². The van der Waals surface area contributed by atoms with Crippen LogP contribution in [0, 0.1) is 0 Å². The number of hydrogen-bond donors (Lipinski definition) is 0. The molecule has 148 valence electrons. The topological polar surface area (TPSA) is 52.6 Å². The molecule has 0 saturated heterocycles. The van der Waals surface area contributed by atoms with E-state index in [0.29, 0.717) is 6.42 Å². The monoisotopic (exact) mass is 420 g/mol. The lowest BCUT2D eigenvalue weighted by molar-refractivity contribution is -0.256. The summed E-state index contributed by atoms with van der Waals surface area (Å²) in [7, 11) is 0. The fourth-order valence-electron chi connectivity index (χ4n) is 2.80. The molecule has 0 fully saturated rings. The molecule has 0 unspecified atom stereocenters. The van der Waals surface area contributed by atoms with Gasteiger partial charge in [0.15, 0.2) is 0 Å². The van der Waals surface area contributed by atoms with Crippen LogP contribution in [0.25, 0.3) is 0 Å². The first-order valence-electron chi connectivity index (χ1n) is 10.2. The lowest BCUT2D eigenvalue weighted by Gasteiger charge is -2.03. The van der Waals surface area contributed by atoms with Crippen LogP contribution >= 0.6 is 15.9 Å². The SMILES string of the molecule is CCCCCCCCCCCCCCCCCC(=O)OOC(=O)CBr. The third-order valence-corrected chi connectivity index (χ3v) is 4.78. The Labute approximate surface area is 162 Å². The van der Waals surface area contributed by atoms with Crippen LogP contribution in [-0.2, 0) is 19.4 Å². The van der Waals surface area contributed by atoms with E-state index in [0.717, 1.165) is 19.3 Å². The number of rotatable bonds is 17. The van der Waals surface area contributed by atoms with Crippen molar-refractivity contribution < 1.29 is 19.4 Å². The molecule has 0 atom stereocenters. The highest BCUT2D eigenvalue weighted by molar-refractivity contribution is 9.09. The number of unbranched alkanes of at least 4 members (excludes halogenated alkanes) is 14. The van der Waals surface area contributed by atoms with Crippen LogP contribution in [-0.4, -0.2) is 17.3 Å². The molecule has 0 amide bonds. The van der Waals surface area contributed by atoms with Gasteiger partial charge in [-0.05, 0) is 6.42 Å². The Morgan fingerprint density at radius 1 is 0.600 bits per heavy atom. The van der Waals surface area contributed by atoms with Crippen LogP contribution < -0.4 is 0 Å². The van der Waals surface area contributed by atoms with Crippen LogP contribution in [0.2, 0.25) is 0 Å². The third kappa shape index (κ3) is 19.6. The summed E-state index contributed by atoms with van der Waals surface area (Å²) < 4.78 is 0. The van der Waals surface area contributed by atoms with Crippen molar-refractivity contribution in [2.75, 3.05) is 5.33 Å². The molecule has 0 radical (unpaired) electrons. The maximum absolute atomic E-state index is 11.3. The molecule has 0 aliphatic heterocycles. The van der Waals surface area contributed by atoms with Gasteiger partial charge in [0, 0.05) is 0 Å². The van der Waals surface area contributed by atoms with Gasteiger partial charge in [0.2, 0.25) is 0 Å². The Bertz CT molecular complexity index is 321. The maximum Gasteiger partial charge on any atom is 0.366 e. The molecule has 0 heterocycles. The van der Waals surface area contributed by atoms with Gasteiger partial charge in [-0.1, -0.05) is 113 Å². The molecule has 0 bridgehead atoms. The largest absolute Gasteiger partial charge is 0.366 e. The van der Waals surface area contributed by atoms with E-state index in [1.807, 2.05) is 0 Å². The average molecular weight is 421 g/mol. The zero-order valence-corrected chi connectivity index (χ0v) is 17.6. The summed E-state index contributed by atoms with van der Waals surface area (Å²) in [5.41, 5.74) is 0. The van der Waals surface area contributed by atoms with E-state index in [-0.39, 0.29) is 5.33 Å². The van der Waals surface area contributed by atoms with E-state index in [1.54, 1.807) is 0 Å². The Hall–Kier alpha value is -0.580. The first-order valence-corrected chi connectivity index (χ1v) is 11.3. The van der Waals surface area contributed by atoms with Crippen molar-refractivity contribution in [2.45, 2.75) is 110 Å². The Balaban J connectivity index is 3.14. The molecule has 0 N–H and O–H groups in total. The van der Waals surface area contributed by atoms with Gasteiger partial charge in [0.1, 0.15) is 5.33 Å². The maximum atomic E-state index is 11.3. The number of hydrogen-bond acceptors (Lipinski definition) is 4. The van der Waals surface area contributed by atoms with E-state index in [1.165, 1.54) is 77.0 Å². The lowest BCUT2D eigenvalue weighted by atomic mass is 10.0.